The van der Waals surface area contributed by atoms with Crippen molar-refractivity contribution < 1.29 is 14.2 Å². The Hall–Kier alpha value is -1.06. The largest absolute Gasteiger partial charge is 0.497 e. The first-order valence-electron chi connectivity index (χ1n) is 8.24. The Bertz CT molecular complexity index is 388. The van der Waals surface area contributed by atoms with E-state index in [4.69, 9.17) is 14.2 Å². The third-order valence-electron chi connectivity index (χ3n) is 4.04. The first-order chi connectivity index (χ1) is 10.3. The van der Waals surface area contributed by atoms with Crippen LogP contribution < -0.4 is 4.74 Å². The molecule has 1 aromatic rings. The maximum absolute atomic E-state index is 6.09. The molecule has 1 fully saturated rings. The topological polar surface area (TPSA) is 27.7 Å². The highest BCUT2D eigenvalue weighted by atomic mass is 16.7. The Kier molecular flexibility index (Phi) is 7.04. The summed E-state index contributed by atoms with van der Waals surface area (Å²) in [4.78, 5) is 0. The molecule has 0 spiro atoms. The van der Waals surface area contributed by atoms with Crippen LogP contribution in [0.5, 0.6) is 5.75 Å². The average Bonchev–Trinajstić information content (AvgIpc) is 2.55. The molecule has 1 heterocycles. The molecule has 0 bridgehead atoms. The highest BCUT2D eigenvalue weighted by molar-refractivity contribution is 5.27. The minimum Gasteiger partial charge on any atom is -0.497 e. The van der Waals surface area contributed by atoms with Gasteiger partial charge in [-0.05, 0) is 25.0 Å². The number of ether oxygens (including phenoxy) is 3. The molecule has 2 atom stereocenters. The van der Waals surface area contributed by atoms with Gasteiger partial charge in [-0.25, -0.2) is 0 Å². The SMILES string of the molecule is CCCCCCCC1CCOC(c2ccc(OC)cc2)O1. The highest BCUT2D eigenvalue weighted by Gasteiger charge is 2.23. The summed E-state index contributed by atoms with van der Waals surface area (Å²) in [5.74, 6) is 0.863. The van der Waals surface area contributed by atoms with Crippen LogP contribution in [0.25, 0.3) is 0 Å². The Morgan fingerprint density at radius 1 is 1.10 bits per heavy atom. The van der Waals surface area contributed by atoms with E-state index in [1.165, 1.54) is 32.1 Å². The van der Waals surface area contributed by atoms with E-state index in [0.29, 0.717) is 6.10 Å². The molecule has 1 aliphatic heterocycles. The van der Waals surface area contributed by atoms with Gasteiger partial charge >= 0.3 is 0 Å². The molecule has 3 nitrogen and oxygen atoms in total. The van der Waals surface area contributed by atoms with Gasteiger partial charge < -0.3 is 14.2 Å². The fourth-order valence-corrected chi connectivity index (χ4v) is 2.71. The normalized spacial score (nSPS) is 22.2. The number of unbranched alkanes of at least 4 members (excludes halogenated alkanes) is 4. The van der Waals surface area contributed by atoms with Gasteiger partial charge in [-0.3, -0.25) is 0 Å². The summed E-state index contributed by atoms with van der Waals surface area (Å²) >= 11 is 0. The van der Waals surface area contributed by atoms with Gasteiger partial charge in [-0.15, -0.1) is 0 Å². The first-order valence-corrected chi connectivity index (χ1v) is 8.24. The zero-order valence-corrected chi connectivity index (χ0v) is 13.3. The molecule has 2 rings (SSSR count). The van der Waals surface area contributed by atoms with Crippen LogP contribution in [0.4, 0.5) is 0 Å². The third kappa shape index (κ3) is 5.33. The predicted octanol–water partition coefficient (Wildman–Crippen LogP) is 4.86. The molecular formula is C18H28O3. The van der Waals surface area contributed by atoms with Crippen molar-refractivity contribution in [1.82, 2.24) is 0 Å². The van der Waals surface area contributed by atoms with Crippen molar-refractivity contribution in [2.24, 2.45) is 0 Å². The Labute approximate surface area is 128 Å². The smallest absolute Gasteiger partial charge is 0.184 e. The van der Waals surface area contributed by atoms with Crippen molar-refractivity contribution in [3.63, 3.8) is 0 Å². The van der Waals surface area contributed by atoms with Crippen LogP contribution in [0, 0.1) is 0 Å². The standard InChI is InChI=1S/C18H28O3/c1-3-4-5-6-7-8-17-13-14-20-18(21-17)15-9-11-16(19-2)12-10-15/h9-12,17-18H,3-8,13-14H2,1-2H3. The van der Waals surface area contributed by atoms with Gasteiger partial charge in [-0.2, -0.15) is 0 Å². The second-order valence-corrected chi connectivity index (χ2v) is 5.73. The van der Waals surface area contributed by atoms with E-state index >= 15 is 0 Å². The predicted molar refractivity (Wildman–Crippen MR) is 84.6 cm³/mol. The lowest BCUT2D eigenvalue weighted by atomic mass is 10.1. The molecule has 0 aromatic heterocycles. The first kappa shape index (κ1) is 16.3. The van der Waals surface area contributed by atoms with Crippen LogP contribution in [0.3, 0.4) is 0 Å². The van der Waals surface area contributed by atoms with Crippen molar-refractivity contribution >= 4 is 0 Å². The Balaban J connectivity index is 1.77. The van der Waals surface area contributed by atoms with Gasteiger partial charge in [0.05, 0.1) is 19.8 Å². The maximum Gasteiger partial charge on any atom is 0.184 e. The average molecular weight is 292 g/mol. The second-order valence-electron chi connectivity index (χ2n) is 5.73. The minimum atomic E-state index is -0.217. The monoisotopic (exact) mass is 292 g/mol. The van der Waals surface area contributed by atoms with Crippen molar-refractivity contribution in [3.05, 3.63) is 29.8 Å². The molecule has 2 unspecified atom stereocenters. The lowest BCUT2D eigenvalue weighted by molar-refractivity contribution is -0.218. The number of methoxy groups -OCH3 is 1. The maximum atomic E-state index is 6.09. The van der Waals surface area contributed by atoms with E-state index in [1.54, 1.807) is 7.11 Å². The van der Waals surface area contributed by atoms with Crippen LogP contribution >= 0.6 is 0 Å². The molecular weight excluding hydrogens is 264 g/mol. The molecule has 1 saturated heterocycles. The van der Waals surface area contributed by atoms with Crippen LogP contribution in [-0.2, 0) is 9.47 Å². The molecule has 1 aromatic carbocycles. The van der Waals surface area contributed by atoms with Gasteiger partial charge in [0.2, 0.25) is 0 Å². The zero-order chi connectivity index (χ0) is 14.9. The Morgan fingerprint density at radius 2 is 1.86 bits per heavy atom. The van der Waals surface area contributed by atoms with E-state index < -0.39 is 0 Å². The number of benzene rings is 1. The zero-order valence-electron chi connectivity index (χ0n) is 13.3. The van der Waals surface area contributed by atoms with Crippen molar-refractivity contribution in [2.75, 3.05) is 13.7 Å². The molecule has 118 valence electrons. The van der Waals surface area contributed by atoms with Gasteiger partial charge in [0.25, 0.3) is 0 Å². The summed E-state index contributed by atoms with van der Waals surface area (Å²) in [5.41, 5.74) is 1.08. The summed E-state index contributed by atoms with van der Waals surface area (Å²) in [6.07, 6.45) is 8.87. The van der Waals surface area contributed by atoms with Gasteiger partial charge in [0.1, 0.15) is 5.75 Å². The van der Waals surface area contributed by atoms with E-state index in [-0.39, 0.29) is 6.29 Å². The summed E-state index contributed by atoms with van der Waals surface area (Å²) in [5, 5.41) is 0. The lowest BCUT2D eigenvalue weighted by Gasteiger charge is -2.30. The van der Waals surface area contributed by atoms with Crippen molar-refractivity contribution in [3.8, 4) is 5.75 Å². The van der Waals surface area contributed by atoms with Crippen molar-refractivity contribution in [1.29, 1.82) is 0 Å². The fourth-order valence-electron chi connectivity index (χ4n) is 2.71. The molecule has 0 N–H and O–H groups in total. The van der Waals surface area contributed by atoms with E-state index in [9.17, 15) is 0 Å². The second kappa shape index (κ2) is 9.06. The van der Waals surface area contributed by atoms with E-state index in [2.05, 4.69) is 6.92 Å². The lowest BCUT2D eigenvalue weighted by Crippen LogP contribution is -2.26. The Morgan fingerprint density at radius 3 is 2.57 bits per heavy atom. The molecule has 0 saturated carbocycles. The van der Waals surface area contributed by atoms with Crippen LogP contribution in [0.15, 0.2) is 24.3 Å². The summed E-state index contributed by atoms with van der Waals surface area (Å²) < 4.78 is 17.0. The van der Waals surface area contributed by atoms with Gasteiger partial charge in [0.15, 0.2) is 6.29 Å². The summed E-state index contributed by atoms with van der Waals surface area (Å²) in [6.45, 7) is 3.04. The highest BCUT2D eigenvalue weighted by Crippen LogP contribution is 2.29. The van der Waals surface area contributed by atoms with Crippen LogP contribution in [0.1, 0.15) is 63.7 Å². The third-order valence-corrected chi connectivity index (χ3v) is 4.04. The number of rotatable bonds is 8. The number of hydrogen-bond acceptors (Lipinski definition) is 3. The molecule has 0 radical (unpaired) electrons. The summed E-state index contributed by atoms with van der Waals surface area (Å²) in [7, 11) is 1.68. The molecule has 0 aliphatic carbocycles. The van der Waals surface area contributed by atoms with Gasteiger partial charge in [0, 0.05) is 5.56 Å². The minimum absolute atomic E-state index is 0.217. The van der Waals surface area contributed by atoms with E-state index in [1.807, 2.05) is 24.3 Å². The number of hydrogen-bond donors (Lipinski definition) is 0. The van der Waals surface area contributed by atoms with Gasteiger partial charge in [-0.1, -0.05) is 51.2 Å². The van der Waals surface area contributed by atoms with E-state index in [0.717, 1.165) is 30.8 Å². The van der Waals surface area contributed by atoms with Crippen LogP contribution in [0.2, 0.25) is 0 Å². The molecule has 21 heavy (non-hydrogen) atoms. The van der Waals surface area contributed by atoms with Crippen molar-refractivity contribution in [2.45, 2.75) is 64.3 Å². The molecule has 0 amide bonds. The summed E-state index contributed by atoms with van der Waals surface area (Å²) in [6, 6.07) is 7.95. The molecule has 3 heteroatoms. The molecule has 1 aliphatic rings. The van der Waals surface area contributed by atoms with Crippen LogP contribution in [-0.4, -0.2) is 19.8 Å². The fraction of sp³-hybridized carbons (Fsp3) is 0.667. The quantitative estimate of drug-likeness (QED) is 0.640.